The standard InChI is InChI=1S/C20H21N7O/c1-13-12-28-10-9-27(13)20-24-16(11-17(25-20)18-5-8-23-26(18)2)14-3-6-21-19-15(14)4-7-22-19/h3-8,11,13H,9-10,12H2,1-2H3,(H,21,22)/t13-/m1/s1. The van der Waals surface area contributed by atoms with Crippen LogP contribution in [-0.4, -0.2) is 55.5 Å². The molecule has 4 aromatic rings. The van der Waals surface area contributed by atoms with Gasteiger partial charge in [-0.1, -0.05) is 0 Å². The Morgan fingerprint density at radius 3 is 2.86 bits per heavy atom. The highest BCUT2D eigenvalue weighted by Gasteiger charge is 2.23. The molecule has 0 unspecified atom stereocenters. The van der Waals surface area contributed by atoms with Gasteiger partial charge in [-0.05, 0) is 31.2 Å². The van der Waals surface area contributed by atoms with E-state index in [-0.39, 0.29) is 6.04 Å². The SMILES string of the molecule is C[C@@H]1COCCN1c1nc(-c2ccnc3[nH]ccc23)cc(-c2ccnn2C)n1. The number of aryl methyl sites for hydroxylation is 1. The third kappa shape index (κ3) is 2.82. The van der Waals surface area contributed by atoms with E-state index in [0.717, 1.165) is 40.2 Å². The van der Waals surface area contributed by atoms with E-state index in [4.69, 9.17) is 14.7 Å². The van der Waals surface area contributed by atoms with Gasteiger partial charge in [0.1, 0.15) is 5.65 Å². The van der Waals surface area contributed by atoms with Crippen molar-refractivity contribution in [2.24, 2.45) is 7.05 Å². The molecule has 0 radical (unpaired) electrons. The van der Waals surface area contributed by atoms with Crippen LogP contribution in [0.1, 0.15) is 6.92 Å². The number of H-pyrrole nitrogens is 1. The number of nitrogens with zero attached hydrogens (tertiary/aromatic N) is 6. The Morgan fingerprint density at radius 2 is 2.04 bits per heavy atom. The summed E-state index contributed by atoms with van der Waals surface area (Å²) in [7, 11) is 1.92. The summed E-state index contributed by atoms with van der Waals surface area (Å²) in [5, 5.41) is 5.34. The first-order valence-corrected chi connectivity index (χ1v) is 9.35. The van der Waals surface area contributed by atoms with E-state index >= 15 is 0 Å². The van der Waals surface area contributed by atoms with Crippen molar-refractivity contribution in [3.8, 4) is 22.6 Å². The molecule has 0 aliphatic carbocycles. The van der Waals surface area contributed by atoms with Crippen molar-refractivity contribution < 1.29 is 4.74 Å². The van der Waals surface area contributed by atoms with E-state index in [1.165, 1.54) is 0 Å². The Morgan fingerprint density at radius 1 is 1.14 bits per heavy atom. The maximum Gasteiger partial charge on any atom is 0.226 e. The molecule has 1 N–H and O–H groups in total. The molecule has 142 valence electrons. The molecule has 1 aliphatic heterocycles. The van der Waals surface area contributed by atoms with Gasteiger partial charge in [0, 0.05) is 43.1 Å². The first kappa shape index (κ1) is 16.9. The third-order valence-electron chi connectivity index (χ3n) is 5.16. The lowest BCUT2D eigenvalue weighted by atomic mass is 10.1. The maximum atomic E-state index is 5.59. The average Bonchev–Trinajstić information content (AvgIpc) is 3.36. The topological polar surface area (TPSA) is 84.8 Å². The highest BCUT2D eigenvalue weighted by atomic mass is 16.5. The van der Waals surface area contributed by atoms with Gasteiger partial charge < -0.3 is 14.6 Å². The number of nitrogens with one attached hydrogen (secondary N) is 1. The van der Waals surface area contributed by atoms with Crippen molar-refractivity contribution in [2.75, 3.05) is 24.7 Å². The molecule has 0 bridgehead atoms. The van der Waals surface area contributed by atoms with Gasteiger partial charge in [0.05, 0.1) is 36.3 Å². The predicted octanol–water partition coefficient (Wildman–Crippen LogP) is 2.65. The molecular weight excluding hydrogens is 354 g/mol. The van der Waals surface area contributed by atoms with Gasteiger partial charge in [0.25, 0.3) is 0 Å². The molecule has 8 heteroatoms. The largest absolute Gasteiger partial charge is 0.377 e. The highest BCUT2D eigenvalue weighted by molar-refractivity contribution is 5.92. The molecule has 28 heavy (non-hydrogen) atoms. The fraction of sp³-hybridized carbons (Fsp3) is 0.300. The van der Waals surface area contributed by atoms with Gasteiger partial charge >= 0.3 is 0 Å². The Bertz CT molecular complexity index is 1130. The summed E-state index contributed by atoms with van der Waals surface area (Å²) in [6.07, 6.45) is 5.48. The number of ether oxygens (including phenoxy) is 1. The predicted molar refractivity (Wildman–Crippen MR) is 107 cm³/mol. The molecule has 1 fully saturated rings. The fourth-order valence-corrected chi connectivity index (χ4v) is 3.67. The summed E-state index contributed by atoms with van der Waals surface area (Å²) in [4.78, 5) is 19.6. The average molecular weight is 375 g/mol. The number of fused-ring (bicyclic) bond motifs is 1. The quantitative estimate of drug-likeness (QED) is 0.593. The Balaban J connectivity index is 1.71. The highest BCUT2D eigenvalue weighted by Crippen LogP contribution is 2.30. The summed E-state index contributed by atoms with van der Waals surface area (Å²) in [6.45, 7) is 4.25. The molecule has 1 atom stereocenters. The number of hydrogen-bond acceptors (Lipinski definition) is 6. The van der Waals surface area contributed by atoms with Crippen LogP contribution in [0.4, 0.5) is 5.95 Å². The van der Waals surface area contributed by atoms with E-state index in [0.29, 0.717) is 19.2 Å². The summed E-state index contributed by atoms with van der Waals surface area (Å²) in [6, 6.07) is 8.23. The molecular formula is C20H21N7O. The van der Waals surface area contributed by atoms with E-state index < -0.39 is 0 Å². The Hall–Kier alpha value is -3.26. The zero-order chi connectivity index (χ0) is 19.1. The second-order valence-electron chi connectivity index (χ2n) is 6.99. The first-order valence-electron chi connectivity index (χ1n) is 9.35. The Kier molecular flexibility index (Phi) is 4.05. The molecule has 4 aromatic heterocycles. The summed E-state index contributed by atoms with van der Waals surface area (Å²) < 4.78 is 7.42. The van der Waals surface area contributed by atoms with Gasteiger partial charge in [-0.25, -0.2) is 15.0 Å². The zero-order valence-corrected chi connectivity index (χ0v) is 15.8. The van der Waals surface area contributed by atoms with Crippen molar-refractivity contribution in [2.45, 2.75) is 13.0 Å². The minimum atomic E-state index is 0.216. The lowest BCUT2D eigenvalue weighted by Crippen LogP contribution is -2.44. The third-order valence-corrected chi connectivity index (χ3v) is 5.16. The van der Waals surface area contributed by atoms with Gasteiger partial charge in [0.2, 0.25) is 5.95 Å². The molecule has 0 aromatic carbocycles. The van der Waals surface area contributed by atoms with E-state index in [2.05, 4.69) is 26.9 Å². The van der Waals surface area contributed by atoms with Crippen LogP contribution in [0, 0.1) is 0 Å². The van der Waals surface area contributed by atoms with Crippen molar-refractivity contribution in [3.63, 3.8) is 0 Å². The van der Waals surface area contributed by atoms with Crippen molar-refractivity contribution in [1.82, 2.24) is 29.7 Å². The van der Waals surface area contributed by atoms with Crippen LogP contribution >= 0.6 is 0 Å². The van der Waals surface area contributed by atoms with Crippen LogP contribution < -0.4 is 4.90 Å². The van der Waals surface area contributed by atoms with E-state index in [1.807, 2.05) is 42.2 Å². The number of anilines is 1. The molecule has 1 aliphatic rings. The molecule has 0 amide bonds. The smallest absolute Gasteiger partial charge is 0.226 e. The van der Waals surface area contributed by atoms with E-state index in [1.54, 1.807) is 12.4 Å². The Labute approximate surface area is 162 Å². The lowest BCUT2D eigenvalue weighted by Gasteiger charge is -2.33. The second-order valence-corrected chi connectivity index (χ2v) is 6.99. The van der Waals surface area contributed by atoms with Crippen LogP contribution in [-0.2, 0) is 11.8 Å². The maximum absolute atomic E-state index is 5.59. The molecule has 8 nitrogen and oxygen atoms in total. The van der Waals surface area contributed by atoms with Crippen molar-refractivity contribution in [1.29, 1.82) is 0 Å². The minimum Gasteiger partial charge on any atom is -0.377 e. The fourth-order valence-electron chi connectivity index (χ4n) is 3.67. The van der Waals surface area contributed by atoms with Gasteiger partial charge in [-0.15, -0.1) is 0 Å². The summed E-state index contributed by atoms with van der Waals surface area (Å²) >= 11 is 0. The molecule has 0 saturated carbocycles. The molecule has 0 spiro atoms. The molecule has 5 heterocycles. The lowest BCUT2D eigenvalue weighted by molar-refractivity contribution is 0.0981. The first-order chi connectivity index (χ1) is 13.7. The zero-order valence-electron chi connectivity index (χ0n) is 15.8. The van der Waals surface area contributed by atoms with Crippen LogP contribution in [0.25, 0.3) is 33.7 Å². The van der Waals surface area contributed by atoms with Gasteiger partial charge in [-0.3, -0.25) is 4.68 Å². The number of aromatic amines is 1. The van der Waals surface area contributed by atoms with Gasteiger partial charge in [-0.2, -0.15) is 5.10 Å². The normalized spacial score (nSPS) is 17.4. The number of morpholine rings is 1. The van der Waals surface area contributed by atoms with Crippen LogP contribution in [0.15, 0.2) is 42.9 Å². The van der Waals surface area contributed by atoms with Crippen LogP contribution in [0.2, 0.25) is 0 Å². The van der Waals surface area contributed by atoms with Crippen LogP contribution in [0.5, 0.6) is 0 Å². The van der Waals surface area contributed by atoms with Crippen molar-refractivity contribution >= 4 is 17.0 Å². The van der Waals surface area contributed by atoms with E-state index in [9.17, 15) is 0 Å². The second kappa shape index (κ2) is 6.72. The minimum absolute atomic E-state index is 0.216. The number of hydrogen-bond donors (Lipinski definition) is 1. The van der Waals surface area contributed by atoms with Crippen molar-refractivity contribution in [3.05, 3.63) is 42.9 Å². The molecule has 1 saturated heterocycles. The number of pyridine rings is 1. The van der Waals surface area contributed by atoms with Gasteiger partial charge in [0.15, 0.2) is 0 Å². The number of rotatable bonds is 3. The summed E-state index contributed by atoms with van der Waals surface area (Å²) in [5.74, 6) is 0.713. The van der Waals surface area contributed by atoms with Crippen LogP contribution in [0.3, 0.4) is 0 Å². The monoisotopic (exact) mass is 375 g/mol. The summed E-state index contributed by atoms with van der Waals surface area (Å²) in [5.41, 5.74) is 4.54. The number of aromatic nitrogens is 6. The molecule has 5 rings (SSSR count).